The van der Waals surface area contributed by atoms with Crippen LogP contribution in [0.15, 0.2) is 17.0 Å². The molecule has 5 heteroatoms. The van der Waals surface area contributed by atoms with Crippen molar-refractivity contribution >= 4 is 10.0 Å². The van der Waals surface area contributed by atoms with E-state index in [0.29, 0.717) is 6.42 Å². The first-order valence-electron chi connectivity index (χ1n) is 6.02. The Morgan fingerprint density at radius 1 is 1.17 bits per heavy atom. The Morgan fingerprint density at radius 3 is 2.22 bits per heavy atom. The van der Waals surface area contributed by atoms with Crippen molar-refractivity contribution in [3.8, 4) is 0 Å². The first-order valence-corrected chi connectivity index (χ1v) is 7.51. The third kappa shape index (κ3) is 3.31. The molecule has 0 saturated carbocycles. The van der Waals surface area contributed by atoms with E-state index in [9.17, 15) is 8.42 Å². The summed E-state index contributed by atoms with van der Waals surface area (Å²) in [6.45, 7) is 7.25. The molecule has 1 rings (SSSR count). The molecule has 0 saturated heterocycles. The van der Waals surface area contributed by atoms with Gasteiger partial charge in [0.15, 0.2) is 0 Å². The predicted molar refractivity (Wildman–Crippen MR) is 72.1 cm³/mol. The second kappa shape index (κ2) is 5.82. The summed E-state index contributed by atoms with van der Waals surface area (Å²) in [7, 11) is -3.56. The van der Waals surface area contributed by atoms with Crippen LogP contribution in [0, 0.1) is 20.8 Å². The lowest BCUT2D eigenvalue weighted by Gasteiger charge is -2.16. The van der Waals surface area contributed by atoms with Gasteiger partial charge in [0.1, 0.15) is 0 Å². The van der Waals surface area contributed by atoms with Crippen molar-refractivity contribution in [1.29, 1.82) is 0 Å². The lowest BCUT2D eigenvalue weighted by molar-refractivity contribution is 0.254. The molecule has 0 heterocycles. The number of rotatable bonds is 5. The van der Waals surface area contributed by atoms with E-state index < -0.39 is 16.1 Å². The summed E-state index contributed by atoms with van der Waals surface area (Å²) >= 11 is 0. The summed E-state index contributed by atoms with van der Waals surface area (Å²) in [5, 5.41) is 9.08. The second-order valence-electron chi connectivity index (χ2n) is 4.61. The Hall–Kier alpha value is -0.910. The molecule has 1 atom stereocenters. The summed E-state index contributed by atoms with van der Waals surface area (Å²) in [5.74, 6) is 0. The van der Waals surface area contributed by atoms with Crippen molar-refractivity contribution in [3.63, 3.8) is 0 Å². The van der Waals surface area contributed by atoms with Gasteiger partial charge in [-0.2, -0.15) is 0 Å². The van der Waals surface area contributed by atoms with Crippen LogP contribution >= 0.6 is 0 Å². The maximum atomic E-state index is 12.2. The molecule has 18 heavy (non-hydrogen) atoms. The summed E-state index contributed by atoms with van der Waals surface area (Å²) in [4.78, 5) is 0.289. The SMILES string of the molecule is CCC(CO)NS(=O)(=O)c1cc(C)c(C)cc1C. The molecule has 0 spiro atoms. The highest BCUT2D eigenvalue weighted by Gasteiger charge is 2.21. The molecule has 2 N–H and O–H groups in total. The van der Waals surface area contributed by atoms with Gasteiger partial charge in [-0.05, 0) is 49.9 Å². The van der Waals surface area contributed by atoms with Crippen molar-refractivity contribution < 1.29 is 13.5 Å². The van der Waals surface area contributed by atoms with E-state index in [4.69, 9.17) is 5.11 Å². The van der Waals surface area contributed by atoms with Crippen molar-refractivity contribution in [2.24, 2.45) is 0 Å². The van der Waals surface area contributed by atoms with Crippen LogP contribution in [0.5, 0.6) is 0 Å². The number of aryl methyl sites for hydroxylation is 3. The average molecular weight is 271 g/mol. The zero-order valence-corrected chi connectivity index (χ0v) is 12.1. The number of nitrogens with one attached hydrogen (secondary N) is 1. The molecule has 0 bridgehead atoms. The smallest absolute Gasteiger partial charge is 0.241 e. The lowest BCUT2D eigenvalue weighted by atomic mass is 10.1. The van der Waals surface area contributed by atoms with E-state index in [2.05, 4.69) is 4.72 Å². The topological polar surface area (TPSA) is 66.4 Å². The Kier molecular flexibility index (Phi) is 4.90. The molecule has 0 amide bonds. The zero-order valence-electron chi connectivity index (χ0n) is 11.3. The molecule has 1 aromatic rings. The quantitative estimate of drug-likeness (QED) is 0.856. The minimum atomic E-state index is -3.56. The minimum absolute atomic E-state index is 0.195. The van der Waals surface area contributed by atoms with Gasteiger partial charge in [0.25, 0.3) is 0 Å². The van der Waals surface area contributed by atoms with Gasteiger partial charge in [0.05, 0.1) is 11.5 Å². The number of benzene rings is 1. The molecular formula is C13H21NO3S. The zero-order chi connectivity index (χ0) is 13.9. The van der Waals surface area contributed by atoms with Crippen LogP contribution in [-0.4, -0.2) is 26.2 Å². The van der Waals surface area contributed by atoms with Gasteiger partial charge in [-0.3, -0.25) is 0 Å². The number of hydrogen-bond donors (Lipinski definition) is 2. The number of aliphatic hydroxyl groups is 1. The maximum absolute atomic E-state index is 12.2. The number of hydrogen-bond acceptors (Lipinski definition) is 3. The highest BCUT2D eigenvalue weighted by molar-refractivity contribution is 7.89. The Balaban J connectivity index is 3.16. The molecule has 0 aromatic heterocycles. The minimum Gasteiger partial charge on any atom is -0.395 e. The summed E-state index contributed by atoms with van der Waals surface area (Å²) in [6, 6.07) is 3.11. The molecule has 0 aliphatic heterocycles. The van der Waals surface area contributed by atoms with Crippen LogP contribution in [0.25, 0.3) is 0 Å². The van der Waals surface area contributed by atoms with Crippen LogP contribution in [0.2, 0.25) is 0 Å². The molecule has 4 nitrogen and oxygen atoms in total. The van der Waals surface area contributed by atoms with E-state index in [1.54, 1.807) is 13.0 Å². The van der Waals surface area contributed by atoms with E-state index in [1.165, 1.54) is 0 Å². The van der Waals surface area contributed by atoms with E-state index in [0.717, 1.165) is 16.7 Å². The van der Waals surface area contributed by atoms with E-state index in [-0.39, 0.29) is 11.5 Å². The average Bonchev–Trinajstić information content (AvgIpc) is 2.30. The van der Waals surface area contributed by atoms with E-state index >= 15 is 0 Å². The standard InChI is InChI=1S/C13H21NO3S/c1-5-12(8-15)14-18(16,17)13-7-10(3)9(2)6-11(13)4/h6-7,12,14-15H,5,8H2,1-4H3. The summed E-state index contributed by atoms with van der Waals surface area (Å²) < 4.78 is 27.0. The number of aliphatic hydroxyl groups excluding tert-OH is 1. The predicted octanol–water partition coefficient (Wildman–Crippen LogP) is 1.66. The third-order valence-corrected chi connectivity index (χ3v) is 4.78. The molecule has 0 aliphatic rings. The van der Waals surface area contributed by atoms with Gasteiger partial charge in [0.2, 0.25) is 10.0 Å². The largest absolute Gasteiger partial charge is 0.395 e. The lowest BCUT2D eigenvalue weighted by Crippen LogP contribution is -2.37. The Labute approximate surface area is 109 Å². The van der Waals surface area contributed by atoms with Crippen molar-refractivity contribution in [2.75, 3.05) is 6.61 Å². The molecule has 0 fully saturated rings. The van der Waals surface area contributed by atoms with Crippen LogP contribution in [0.1, 0.15) is 30.0 Å². The van der Waals surface area contributed by atoms with E-state index in [1.807, 2.05) is 26.8 Å². The fourth-order valence-corrected chi connectivity index (χ4v) is 3.38. The second-order valence-corrected chi connectivity index (χ2v) is 6.29. The summed E-state index contributed by atoms with van der Waals surface area (Å²) in [6.07, 6.45) is 0.555. The van der Waals surface area contributed by atoms with Gasteiger partial charge < -0.3 is 5.11 Å². The monoisotopic (exact) mass is 271 g/mol. The van der Waals surface area contributed by atoms with Crippen LogP contribution in [0.4, 0.5) is 0 Å². The highest BCUT2D eigenvalue weighted by atomic mass is 32.2. The number of sulfonamides is 1. The van der Waals surface area contributed by atoms with Gasteiger partial charge in [-0.15, -0.1) is 0 Å². The van der Waals surface area contributed by atoms with Crippen molar-refractivity contribution in [1.82, 2.24) is 4.72 Å². The van der Waals surface area contributed by atoms with Crippen LogP contribution < -0.4 is 4.72 Å². The van der Waals surface area contributed by atoms with Crippen LogP contribution in [0.3, 0.4) is 0 Å². The maximum Gasteiger partial charge on any atom is 0.241 e. The normalized spacial score (nSPS) is 13.6. The van der Waals surface area contributed by atoms with Crippen LogP contribution in [-0.2, 0) is 10.0 Å². The highest BCUT2D eigenvalue weighted by Crippen LogP contribution is 2.20. The Bertz CT molecular complexity index is 519. The van der Waals surface area contributed by atoms with Gasteiger partial charge >= 0.3 is 0 Å². The Morgan fingerprint density at radius 2 is 1.72 bits per heavy atom. The van der Waals surface area contributed by atoms with Gasteiger partial charge in [-0.1, -0.05) is 13.0 Å². The summed E-state index contributed by atoms with van der Waals surface area (Å²) in [5.41, 5.74) is 2.73. The third-order valence-electron chi connectivity index (χ3n) is 3.12. The fraction of sp³-hybridized carbons (Fsp3) is 0.538. The van der Waals surface area contributed by atoms with Crippen molar-refractivity contribution in [2.45, 2.75) is 45.1 Å². The van der Waals surface area contributed by atoms with Crippen molar-refractivity contribution in [3.05, 3.63) is 28.8 Å². The molecule has 102 valence electrons. The molecule has 1 aromatic carbocycles. The molecule has 0 aliphatic carbocycles. The fourth-order valence-electron chi connectivity index (χ4n) is 1.76. The van der Waals surface area contributed by atoms with Gasteiger partial charge in [0, 0.05) is 6.04 Å². The first kappa shape index (κ1) is 15.1. The van der Waals surface area contributed by atoms with Gasteiger partial charge in [-0.25, -0.2) is 13.1 Å². The first-order chi connectivity index (χ1) is 8.31. The molecule has 0 radical (unpaired) electrons. The molecular weight excluding hydrogens is 250 g/mol. The molecule has 1 unspecified atom stereocenters.